The normalized spacial score (nSPS) is 19.1. The van der Waals surface area contributed by atoms with Crippen molar-refractivity contribution in [1.82, 2.24) is 10.2 Å². The maximum Gasteiger partial charge on any atom is 0.419 e. The van der Waals surface area contributed by atoms with Crippen LogP contribution in [-0.2, 0) is 10.9 Å². The number of nitrogens with one attached hydrogen (secondary N) is 1. The zero-order valence-corrected chi connectivity index (χ0v) is 12.6. The molecule has 1 aromatic rings. The molecule has 4 nitrogen and oxygen atoms in total. The molecule has 0 bridgehead atoms. The van der Waals surface area contributed by atoms with Crippen LogP contribution < -0.4 is 5.32 Å². The molecule has 1 N–H and O–H groups in total. The first-order chi connectivity index (χ1) is 10.8. The maximum atomic E-state index is 13.2. The fraction of sp³-hybridized carbons (Fsp3) is 0.533. The van der Waals surface area contributed by atoms with Crippen LogP contribution in [0.4, 0.5) is 17.6 Å². The van der Waals surface area contributed by atoms with Crippen LogP contribution in [0.1, 0.15) is 22.3 Å². The summed E-state index contributed by atoms with van der Waals surface area (Å²) in [7, 11) is 1.60. The lowest BCUT2D eigenvalue weighted by Crippen LogP contribution is -2.37. The first-order valence-electron chi connectivity index (χ1n) is 7.20. The first kappa shape index (κ1) is 17.7. The summed E-state index contributed by atoms with van der Waals surface area (Å²) in [6.45, 7) is 2.71. The molecule has 1 aromatic carbocycles. The summed E-state index contributed by atoms with van der Waals surface area (Å²) in [5.41, 5.74) is -1.63. The quantitative estimate of drug-likeness (QED) is 0.840. The van der Waals surface area contributed by atoms with Crippen LogP contribution in [0.25, 0.3) is 0 Å². The third-order valence-electron chi connectivity index (χ3n) is 3.75. The minimum atomic E-state index is -4.83. The van der Waals surface area contributed by atoms with Crippen molar-refractivity contribution in [3.8, 4) is 0 Å². The number of likely N-dealkylation sites (tertiary alicyclic amines) is 1. The van der Waals surface area contributed by atoms with Gasteiger partial charge in [-0.1, -0.05) is 0 Å². The molecule has 1 heterocycles. The molecule has 1 amide bonds. The fourth-order valence-electron chi connectivity index (χ4n) is 2.53. The van der Waals surface area contributed by atoms with Crippen molar-refractivity contribution in [1.29, 1.82) is 0 Å². The fourth-order valence-corrected chi connectivity index (χ4v) is 2.53. The van der Waals surface area contributed by atoms with Gasteiger partial charge in [0.1, 0.15) is 5.82 Å². The number of alkyl halides is 3. The number of hydrogen-bond acceptors (Lipinski definition) is 3. The van der Waals surface area contributed by atoms with Gasteiger partial charge in [-0.3, -0.25) is 9.69 Å². The molecule has 1 fully saturated rings. The van der Waals surface area contributed by atoms with E-state index in [1.165, 1.54) is 0 Å². The smallest absolute Gasteiger partial charge is 0.383 e. The lowest BCUT2D eigenvalue weighted by Gasteiger charge is -2.16. The third-order valence-corrected chi connectivity index (χ3v) is 3.75. The predicted molar refractivity (Wildman–Crippen MR) is 75.6 cm³/mol. The number of methoxy groups -OCH3 is 1. The van der Waals surface area contributed by atoms with Crippen LogP contribution in [0.15, 0.2) is 18.2 Å². The first-order valence-corrected chi connectivity index (χ1v) is 7.20. The van der Waals surface area contributed by atoms with E-state index in [9.17, 15) is 22.4 Å². The number of hydrogen-bond donors (Lipinski definition) is 1. The summed E-state index contributed by atoms with van der Waals surface area (Å²) >= 11 is 0. The van der Waals surface area contributed by atoms with Crippen LogP contribution in [0.5, 0.6) is 0 Å². The van der Waals surface area contributed by atoms with Crippen LogP contribution in [0.3, 0.4) is 0 Å². The average molecular weight is 334 g/mol. The summed E-state index contributed by atoms with van der Waals surface area (Å²) in [6.07, 6.45) is -4.12. The zero-order valence-electron chi connectivity index (χ0n) is 12.6. The van der Waals surface area contributed by atoms with E-state index >= 15 is 0 Å². The second-order valence-corrected chi connectivity index (χ2v) is 5.44. The molecular formula is C15H18F4N2O2. The summed E-state index contributed by atoms with van der Waals surface area (Å²) in [6, 6.07) is 2.12. The van der Waals surface area contributed by atoms with Gasteiger partial charge in [-0.2, -0.15) is 13.2 Å². The molecule has 1 saturated heterocycles. The molecule has 128 valence electrons. The average Bonchev–Trinajstić information content (AvgIpc) is 2.91. The Morgan fingerprint density at radius 3 is 2.83 bits per heavy atom. The molecule has 1 unspecified atom stereocenters. The van der Waals surface area contributed by atoms with Gasteiger partial charge in [0.05, 0.1) is 12.2 Å². The summed E-state index contributed by atoms with van der Waals surface area (Å²) in [5, 5.41) is 2.69. The minimum Gasteiger partial charge on any atom is -0.383 e. The SMILES string of the molecule is COCCN1CCC(NC(=O)c2ccc(F)c(C(F)(F)F)c2)C1. The topological polar surface area (TPSA) is 41.6 Å². The van der Waals surface area contributed by atoms with Crippen molar-refractivity contribution in [2.75, 3.05) is 33.4 Å². The Bertz CT molecular complexity index is 563. The van der Waals surface area contributed by atoms with Gasteiger partial charge in [-0.15, -0.1) is 0 Å². The molecule has 8 heteroatoms. The van der Waals surface area contributed by atoms with E-state index in [1.54, 1.807) is 7.11 Å². The number of carbonyl (C=O) groups is 1. The van der Waals surface area contributed by atoms with Gasteiger partial charge in [-0.25, -0.2) is 4.39 Å². The lowest BCUT2D eigenvalue weighted by atomic mass is 10.1. The highest BCUT2D eigenvalue weighted by Gasteiger charge is 2.35. The van der Waals surface area contributed by atoms with Crippen molar-refractivity contribution in [2.24, 2.45) is 0 Å². The second-order valence-electron chi connectivity index (χ2n) is 5.44. The molecular weight excluding hydrogens is 316 g/mol. The van der Waals surface area contributed by atoms with Crippen molar-refractivity contribution in [2.45, 2.75) is 18.6 Å². The highest BCUT2D eigenvalue weighted by molar-refractivity contribution is 5.94. The molecule has 1 aliphatic rings. The lowest BCUT2D eigenvalue weighted by molar-refractivity contribution is -0.140. The highest BCUT2D eigenvalue weighted by Crippen LogP contribution is 2.31. The number of carbonyl (C=O) groups excluding carboxylic acids is 1. The van der Waals surface area contributed by atoms with E-state index in [0.29, 0.717) is 31.7 Å². The highest BCUT2D eigenvalue weighted by atomic mass is 19.4. The van der Waals surface area contributed by atoms with Crippen LogP contribution in [0.2, 0.25) is 0 Å². The van der Waals surface area contributed by atoms with Gasteiger partial charge < -0.3 is 10.1 Å². The monoisotopic (exact) mass is 334 g/mol. The third kappa shape index (κ3) is 4.65. The Balaban J connectivity index is 1.99. The van der Waals surface area contributed by atoms with E-state index in [4.69, 9.17) is 4.74 Å². The molecule has 0 aromatic heterocycles. The van der Waals surface area contributed by atoms with Gasteiger partial charge in [0.25, 0.3) is 5.91 Å². The van der Waals surface area contributed by atoms with E-state index in [1.807, 2.05) is 0 Å². The Morgan fingerprint density at radius 2 is 2.17 bits per heavy atom. The standard InChI is InChI=1S/C15H18F4N2O2/c1-23-7-6-21-5-4-11(9-21)20-14(22)10-2-3-13(16)12(8-10)15(17,18)19/h2-3,8,11H,4-7,9H2,1H3,(H,20,22). The number of nitrogens with zero attached hydrogens (tertiary/aromatic N) is 1. The van der Waals surface area contributed by atoms with E-state index in [-0.39, 0.29) is 11.6 Å². The molecule has 0 spiro atoms. The minimum absolute atomic E-state index is 0.140. The van der Waals surface area contributed by atoms with E-state index in [0.717, 1.165) is 19.2 Å². The molecule has 0 saturated carbocycles. The Labute approximate surface area is 131 Å². The van der Waals surface area contributed by atoms with E-state index < -0.39 is 23.5 Å². The Kier molecular flexibility index (Phi) is 5.59. The molecule has 0 aliphatic carbocycles. The zero-order chi connectivity index (χ0) is 17.0. The van der Waals surface area contributed by atoms with Gasteiger partial charge in [-0.05, 0) is 24.6 Å². The van der Waals surface area contributed by atoms with Gasteiger partial charge in [0.15, 0.2) is 0 Å². The van der Waals surface area contributed by atoms with Gasteiger partial charge in [0.2, 0.25) is 0 Å². The number of rotatable bonds is 5. The largest absolute Gasteiger partial charge is 0.419 e. The van der Waals surface area contributed by atoms with Crippen LogP contribution in [-0.4, -0.2) is 50.2 Å². The number of ether oxygens (including phenoxy) is 1. The van der Waals surface area contributed by atoms with Crippen LogP contribution in [0, 0.1) is 5.82 Å². The summed E-state index contributed by atoms with van der Waals surface area (Å²) in [5.74, 6) is -2.02. The van der Waals surface area contributed by atoms with Crippen molar-refractivity contribution in [3.63, 3.8) is 0 Å². The predicted octanol–water partition coefficient (Wildman–Crippen LogP) is 2.29. The summed E-state index contributed by atoms with van der Waals surface area (Å²) in [4.78, 5) is 14.2. The number of benzene rings is 1. The Morgan fingerprint density at radius 1 is 1.43 bits per heavy atom. The molecule has 23 heavy (non-hydrogen) atoms. The van der Waals surface area contributed by atoms with Crippen molar-refractivity contribution >= 4 is 5.91 Å². The molecule has 0 radical (unpaired) electrons. The molecule has 2 rings (SSSR count). The molecule has 1 aliphatic heterocycles. The number of halogens is 4. The Hall–Kier alpha value is -1.67. The van der Waals surface area contributed by atoms with E-state index in [2.05, 4.69) is 10.2 Å². The van der Waals surface area contributed by atoms with Gasteiger partial charge >= 0.3 is 6.18 Å². The maximum absolute atomic E-state index is 13.2. The van der Waals surface area contributed by atoms with Crippen molar-refractivity contribution in [3.05, 3.63) is 35.1 Å². The summed E-state index contributed by atoms with van der Waals surface area (Å²) < 4.78 is 56.2. The van der Waals surface area contributed by atoms with Crippen molar-refractivity contribution < 1.29 is 27.1 Å². The number of amides is 1. The molecule has 1 atom stereocenters. The van der Waals surface area contributed by atoms with Gasteiger partial charge in [0, 0.05) is 38.3 Å². The second kappa shape index (κ2) is 7.27. The van der Waals surface area contributed by atoms with Crippen LogP contribution >= 0.6 is 0 Å².